The average Bonchev–Trinajstić information content (AvgIpc) is 2.67. The Morgan fingerprint density at radius 2 is 1.86 bits per heavy atom. The molecule has 0 saturated carbocycles. The van der Waals surface area contributed by atoms with Gasteiger partial charge >= 0.3 is 6.18 Å². The fourth-order valence-corrected chi connectivity index (χ4v) is 5.27. The molecular weight excluding hydrogens is 426 g/mol. The molecule has 164 valence electrons. The van der Waals surface area contributed by atoms with Crippen LogP contribution in [0.3, 0.4) is 0 Å². The SMILES string of the molecule is Cl.Cl.O=C(NC[C@H]1[C@@H]2CNC[C@@H](C2)[C@@H]2CCCCN21)c1ccccc1C(F)(F)F. The van der Waals surface area contributed by atoms with Crippen LogP contribution in [-0.4, -0.2) is 49.1 Å². The molecule has 29 heavy (non-hydrogen) atoms. The Morgan fingerprint density at radius 3 is 2.62 bits per heavy atom. The molecular formula is C20H28Cl2F3N3O. The molecule has 4 nitrogen and oxygen atoms in total. The van der Waals surface area contributed by atoms with Crippen molar-refractivity contribution in [3.63, 3.8) is 0 Å². The molecule has 2 bridgehead atoms. The molecule has 0 aliphatic carbocycles. The predicted octanol–water partition coefficient (Wildman–Crippen LogP) is 3.74. The summed E-state index contributed by atoms with van der Waals surface area (Å²) in [7, 11) is 0. The third-order valence-electron chi connectivity index (χ3n) is 6.47. The van der Waals surface area contributed by atoms with Crippen LogP contribution in [0.1, 0.15) is 41.6 Å². The lowest BCUT2D eigenvalue weighted by atomic mass is 9.73. The number of hydrogen-bond acceptors (Lipinski definition) is 3. The topological polar surface area (TPSA) is 44.4 Å². The van der Waals surface area contributed by atoms with Crippen molar-refractivity contribution in [2.75, 3.05) is 26.2 Å². The highest BCUT2D eigenvalue weighted by Gasteiger charge is 2.45. The monoisotopic (exact) mass is 453 g/mol. The van der Waals surface area contributed by atoms with Gasteiger partial charge in [0.2, 0.25) is 0 Å². The van der Waals surface area contributed by atoms with Crippen LogP contribution in [-0.2, 0) is 6.18 Å². The number of carbonyl (C=O) groups excluding carboxylic acids is 1. The minimum absolute atomic E-state index is 0. The Balaban J connectivity index is 0.00000150. The second kappa shape index (κ2) is 9.86. The average molecular weight is 454 g/mol. The molecule has 4 atom stereocenters. The summed E-state index contributed by atoms with van der Waals surface area (Å²) in [5.41, 5.74) is -1.17. The summed E-state index contributed by atoms with van der Waals surface area (Å²) in [6, 6.07) is 5.73. The number of alkyl halides is 3. The summed E-state index contributed by atoms with van der Waals surface area (Å²) in [6.45, 7) is 3.40. The van der Waals surface area contributed by atoms with Gasteiger partial charge in [0.25, 0.3) is 5.91 Å². The van der Waals surface area contributed by atoms with Crippen LogP contribution in [0.25, 0.3) is 0 Å². The largest absolute Gasteiger partial charge is 0.417 e. The van der Waals surface area contributed by atoms with Crippen molar-refractivity contribution in [2.45, 2.75) is 43.9 Å². The van der Waals surface area contributed by atoms with E-state index in [2.05, 4.69) is 15.5 Å². The quantitative estimate of drug-likeness (QED) is 0.732. The number of nitrogens with zero attached hydrogens (tertiary/aromatic N) is 1. The molecule has 4 rings (SSSR count). The Kier molecular flexibility index (Phi) is 8.24. The summed E-state index contributed by atoms with van der Waals surface area (Å²) in [6.07, 6.45) is 0.191. The van der Waals surface area contributed by atoms with Gasteiger partial charge in [-0.15, -0.1) is 24.8 Å². The number of fused-ring (bicyclic) bond motifs is 4. The van der Waals surface area contributed by atoms with E-state index in [0.29, 0.717) is 24.4 Å². The highest BCUT2D eigenvalue weighted by atomic mass is 35.5. The van der Waals surface area contributed by atoms with Crippen LogP contribution in [0.2, 0.25) is 0 Å². The van der Waals surface area contributed by atoms with Crippen molar-refractivity contribution < 1.29 is 18.0 Å². The molecule has 0 spiro atoms. The molecule has 9 heteroatoms. The third-order valence-corrected chi connectivity index (χ3v) is 6.47. The van der Waals surface area contributed by atoms with E-state index >= 15 is 0 Å². The van der Waals surface area contributed by atoms with Gasteiger partial charge in [0.05, 0.1) is 11.1 Å². The standard InChI is InChI=1S/C20H26F3N3O.2ClH/c21-20(22,23)16-6-2-1-5-15(16)19(27)25-12-18-14-9-13(10-24-11-14)17-7-3-4-8-26(17)18;;/h1-2,5-6,13-14,17-18,24H,3-4,7-12H2,(H,25,27);2*1H/t13-,14+,17+,18+;;/m1../s1. The molecule has 1 aromatic rings. The second-order valence-electron chi connectivity index (χ2n) is 8.04. The Bertz CT molecular complexity index is 704. The van der Waals surface area contributed by atoms with Gasteiger partial charge in [-0.2, -0.15) is 13.2 Å². The second-order valence-corrected chi connectivity index (χ2v) is 8.04. The van der Waals surface area contributed by atoms with Gasteiger partial charge in [-0.25, -0.2) is 0 Å². The first-order chi connectivity index (χ1) is 12.9. The minimum Gasteiger partial charge on any atom is -0.350 e. The zero-order valence-electron chi connectivity index (χ0n) is 16.1. The van der Waals surface area contributed by atoms with Crippen LogP contribution in [0, 0.1) is 11.8 Å². The minimum atomic E-state index is -4.53. The van der Waals surface area contributed by atoms with Gasteiger partial charge in [-0.3, -0.25) is 9.69 Å². The number of amides is 1. The molecule has 1 aromatic carbocycles. The lowest BCUT2D eigenvalue weighted by molar-refractivity contribution is -0.137. The number of rotatable bonds is 3. The number of carbonyl (C=O) groups is 1. The van der Waals surface area contributed by atoms with Gasteiger partial charge in [-0.05, 0) is 62.9 Å². The number of piperidine rings is 3. The van der Waals surface area contributed by atoms with Crippen molar-refractivity contribution in [1.29, 1.82) is 0 Å². The van der Waals surface area contributed by atoms with E-state index in [1.54, 1.807) is 0 Å². The van der Waals surface area contributed by atoms with Crippen molar-refractivity contribution in [1.82, 2.24) is 15.5 Å². The zero-order chi connectivity index (χ0) is 19.0. The van der Waals surface area contributed by atoms with Gasteiger partial charge in [-0.1, -0.05) is 18.6 Å². The lowest BCUT2D eigenvalue weighted by Gasteiger charge is -2.55. The van der Waals surface area contributed by atoms with E-state index in [9.17, 15) is 18.0 Å². The van der Waals surface area contributed by atoms with Gasteiger partial charge in [0.1, 0.15) is 0 Å². The molecule has 0 unspecified atom stereocenters. The van der Waals surface area contributed by atoms with E-state index in [0.717, 1.165) is 38.5 Å². The summed E-state index contributed by atoms with van der Waals surface area (Å²) >= 11 is 0. The van der Waals surface area contributed by atoms with Gasteiger partial charge < -0.3 is 10.6 Å². The van der Waals surface area contributed by atoms with E-state index in [1.165, 1.54) is 31.0 Å². The maximum atomic E-state index is 13.2. The predicted molar refractivity (Wildman–Crippen MR) is 111 cm³/mol. The van der Waals surface area contributed by atoms with Crippen molar-refractivity contribution >= 4 is 30.7 Å². The first kappa shape index (κ1) is 24.3. The van der Waals surface area contributed by atoms with Gasteiger partial charge in [0.15, 0.2) is 0 Å². The summed E-state index contributed by atoms with van der Waals surface area (Å²) in [5.74, 6) is 0.459. The van der Waals surface area contributed by atoms with E-state index < -0.39 is 17.6 Å². The first-order valence-electron chi connectivity index (χ1n) is 9.86. The van der Waals surface area contributed by atoms with E-state index in [-0.39, 0.29) is 36.4 Å². The van der Waals surface area contributed by atoms with Crippen molar-refractivity contribution in [2.24, 2.45) is 11.8 Å². The molecule has 0 aromatic heterocycles. The highest BCUT2D eigenvalue weighted by Crippen LogP contribution is 2.39. The first-order valence-corrected chi connectivity index (χ1v) is 9.86. The zero-order valence-corrected chi connectivity index (χ0v) is 17.7. The smallest absolute Gasteiger partial charge is 0.350 e. The molecule has 3 aliphatic rings. The van der Waals surface area contributed by atoms with Gasteiger partial charge in [0, 0.05) is 18.6 Å². The number of nitrogens with one attached hydrogen (secondary N) is 2. The highest BCUT2D eigenvalue weighted by molar-refractivity contribution is 5.95. The van der Waals surface area contributed by atoms with Crippen LogP contribution < -0.4 is 10.6 Å². The Labute approximate surface area is 181 Å². The molecule has 2 N–H and O–H groups in total. The number of hydrogen-bond donors (Lipinski definition) is 2. The van der Waals surface area contributed by atoms with Crippen LogP contribution in [0.4, 0.5) is 13.2 Å². The molecule has 1 amide bonds. The Hall–Kier alpha value is -1.02. The summed E-state index contributed by atoms with van der Waals surface area (Å²) in [5, 5.41) is 6.32. The van der Waals surface area contributed by atoms with Crippen LogP contribution >= 0.6 is 24.8 Å². The Morgan fingerprint density at radius 1 is 1.14 bits per heavy atom. The number of halogens is 5. The molecule has 3 saturated heterocycles. The molecule has 3 aliphatic heterocycles. The van der Waals surface area contributed by atoms with E-state index in [1.807, 2.05) is 0 Å². The van der Waals surface area contributed by atoms with E-state index in [4.69, 9.17) is 0 Å². The lowest BCUT2D eigenvalue weighted by Crippen LogP contribution is -2.65. The van der Waals surface area contributed by atoms with Crippen molar-refractivity contribution in [3.8, 4) is 0 Å². The fraction of sp³-hybridized carbons (Fsp3) is 0.650. The molecule has 3 fully saturated rings. The molecule has 0 radical (unpaired) electrons. The number of benzene rings is 1. The summed E-state index contributed by atoms with van der Waals surface area (Å²) < 4.78 is 39.6. The fourth-order valence-electron chi connectivity index (χ4n) is 5.27. The summed E-state index contributed by atoms with van der Waals surface area (Å²) in [4.78, 5) is 15.1. The molecule has 3 heterocycles. The maximum Gasteiger partial charge on any atom is 0.417 e. The third kappa shape index (κ3) is 5.01. The van der Waals surface area contributed by atoms with Crippen LogP contribution in [0.5, 0.6) is 0 Å². The van der Waals surface area contributed by atoms with Crippen LogP contribution in [0.15, 0.2) is 24.3 Å². The maximum absolute atomic E-state index is 13.2. The van der Waals surface area contributed by atoms with Crippen molar-refractivity contribution in [3.05, 3.63) is 35.4 Å². The normalized spacial score (nSPS) is 29.1.